The van der Waals surface area contributed by atoms with E-state index >= 15 is 0 Å². The van der Waals surface area contributed by atoms with Gasteiger partial charge in [0.25, 0.3) is 0 Å². The van der Waals surface area contributed by atoms with Crippen LogP contribution in [0.3, 0.4) is 0 Å². The average molecular weight is 136 g/mol. The summed E-state index contributed by atoms with van der Waals surface area (Å²) in [5.74, 6) is -0.475. The largest absolute Gasteiger partial charge is 0.374 e. The van der Waals surface area contributed by atoms with E-state index in [1.54, 1.807) is 6.07 Å². The molecule has 10 heavy (non-hydrogen) atoms. The van der Waals surface area contributed by atoms with Gasteiger partial charge in [-0.1, -0.05) is 0 Å². The molecule has 0 saturated heterocycles. The standard InChI is InChI=1S/C7H8N2O/c8-4-6-2-1-3-7(6,10)5-9/h6,10H,1-3H2. The molecule has 0 spiro atoms. The first kappa shape index (κ1) is 7.05. The molecule has 0 radical (unpaired) electrons. The molecule has 0 aliphatic heterocycles. The molecule has 1 rings (SSSR count). The van der Waals surface area contributed by atoms with Crippen LogP contribution >= 0.6 is 0 Å². The first-order valence-electron chi connectivity index (χ1n) is 3.26. The summed E-state index contributed by atoms with van der Waals surface area (Å²) in [7, 11) is 0. The van der Waals surface area contributed by atoms with Crippen molar-refractivity contribution in [2.75, 3.05) is 0 Å². The molecule has 0 aromatic heterocycles. The van der Waals surface area contributed by atoms with Gasteiger partial charge in [-0.3, -0.25) is 0 Å². The Balaban J connectivity index is 2.80. The number of rotatable bonds is 0. The van der Waals surface area contributed by atoms with Gasteiger partial charge in [0.15, 0.2) is 5.60 Å². The van der Waals surface area contributed by atoms with Crippen LogP contribution in [-0.4, -0.2) is 10.7 Å². The van der Waals surface area contributed by atoms with Crippen LogP contribution in [0.4, 0.5) is 0 Å². The van der Waals surface area contributed by atoms with E-state index in [2.05, 4.69) is 0 Å². The van der Waals surface area contributed by atoms with E-state index in [4.69, 9.17) is 10.5 Å². The number of nitrogens with zero attached hydrogens (tertiary/aromatic N) is 2. The molecule has 1 saturated carbocycles. The molecule has 3 nitrogen and oxygen atoms in total. The van der Waals surface area contributed by atoms with Gasteiger partial charge in [-0.2, -0.15) is 10.5 Å². The lowest BCUT2D eigenvalue weighted by atomic mass is 9.94. The first-order valence-corrected chi connectivity index (χ1v) is 3.26. The van der Waals surface area contributed by atoms with Gasteiger partial charge < -0.3 is 5.11 Å². The second-order valence-electron chi connectivity index (χ2n) is 2.61. The number of aliphatic hydroxyl groups is 1. The molecule has 0 aromatic rings. The van der Waals surface area contributed by atoms with Crippen molar-refractivity contribution in [3.8, 4) is 12.1 Å². The van der Waals surface area contributed by atoms with Crippen molar-refractivity contribution in [1.29, 1.82) is 10.5 Å². The predicted molar refractivity (Wildman–Crippen MR) is 33.5 cm³/mol. The summed E-state index contributed by atoms with van der Waals surface area (Å²) in [5, 5.41) is 26.3. The van der Waals surface area contributed by atoms with Crippen LogP contribution in [0.25, 0.3) is 0 Å². The SMILES string of the molecule is N#CC1CCCC1(O)C#N. The van der Waals surface area contributed by atoms with Gasteiger partial charge in [0.2, 0.25) is 0 Å². The van der Waals surface area contributed by atoms with Crippen LogP contribution in [0, 0.1) is 28.6 Å². The minimum absolute atomic E-state index is 0.446. The van der Waals surface area contributed by atoms with Crippen molar-refractivity contribution >= 4 is 0 Å². The summed E-state index contributed by atoms with van der Waals surface area (Å²) in [4.78, 5) is 0. The van der Waals surface area contributed by atoms with Crippen molar-refractivity contribution in [2.24, 2.45) is 5.92 Å². The first-order chi connectivity index (χ1) is 4.73. The maximum atomic E-state index is 9.38. The van der Waals surface area contributed by atoms with Crippen LogP contribution in [0.1, 0.15) is 19.3 Å². The fourth-order valence-electron chi connectivity index (χ4n) is 1.29. The molecule has 52 valence electrons. The highest BCUT2D eigenvalue weighted by atomic mass is 16.3. The Morgan fingerprint density at radius 3 is 2.60 bits per heavy atom. The maximum Gasteiger partial charge on any atom is 0.166 e. The normalized spacial score (nSPS) is 38.5. The third kappa shape index (κ3) is 0.853. The van der Waals surface area contributed by atoms with Crippen molar-refractivity contribution in [3.05, 3.63) is 0 Å². The summed E-state index contributed by atoms with van der Waals surface area (Å²) in [6, 6.07) is 3.71. The molecular formula is C7H8N2O. The lowest BCUT2D eigenvalue weighted by molar-refractivity contribution is 0.0802. The third-order valence-corrected chi connectivity index (χ3v) is 1.98. The average Bonchev–Trinajstić information content (AvgIpc) is 2.32. The molecular weight excluding hydrogens is 128 g/mol. The quantitative estimate of drug-likeness (QED) is 0.495. The van der Waals surface area contributed by atoms with Crippen LogP contribution in [0.2, 0.25) is 0 Å². The van der Waals surface area contributed by atoms with Crippen LogP contribution in [-0.2, 0) is 0 Å². The fraction of sp³-hybridized carbons (Fsp3) is 0.714. The molecule has 0 heterocycles. The maximum absolute atomic E-state index is 9.38. The van der Waals surface area contributed by atoms with Crippen LogP contribution in [0.15, 0.2) is 0 Å². The summed E-state index contributed by atoms with van der Waals surface area (Å²) in [6.07, 6.45) is 1.88. The van der Waals surface area contributed by atoms with E-state index in [9.17, 15) is 5.11 Å². The molecule has 3 heteroatoms. The monoisotopic (exact) mass is 136 g/mol. The van der Waals surface area contributed by atoms with Gasteiger partial charge in [-0.25, -0.2) is 0 Å². The highest BCUT2D eigenvalue weighted by Crippen LogP contribution is 2.34. The van der Waals surface area contributed by atoms with Gasteiger partial charge in [-0.05, 0) is 19.3 Å². The molecule has 1 aliphatic rings. The zero-order chi connectivity index (χ0) is 7.61. The molecule has 0 amide bonds. The smallest absolute Gasteiger partial charge is 0.166 e. The minimum Gasteiger partial charge on any atom is -0.374 e. The van der Waals surface area contributed by atoms with Crippen LogP contribution in [0.5, 0.6) is 0 Å². The Hall–Kier alpha value is -1.06. The molecule has 1 fully saturated rings. The van der Waals surface area contributed by atoms with Crippen LogP contribution < -0.4 is 0 Å². The second kappa shape index (κ2) is 2.28. The van der Waals surface area contributed by atoms with Gasteiger partial charge in [-0.15, -0.1) is 0 Å². The molecule has 2 atom stereocenters. The summed E-state index contributed by atoms with van der Waals surface area (Å²) in [6.45, 7) is 0. The lowest BCUT2D eigenvalue weighted by Gasteiger charge is -2.14. The number of hydrogen-bond donors (Lipinski definition) is 1. The summed E-state index contributed by atoms with van der Waals surface area (Å²) in [5.41, 5.74) is -1.35. The fourth-order valence-corrected chi connectivity index (χ4v) is 1.29. The Kier molecular flexibility index (Phi) is 1.61. The van der Waals surface area contributed by atoms with Gasteiger partial charge in [0.1, 0.15) is 0 Å². The highest BCUT2D eigenvalue weighted by Gasteiger charge is 2.41. The van der Waals surface area contributed by atoms with Gasteiger partial charge in [0, 0.05) is 0 Å². The molecule has 0 bridgehead atoms. The Labute approximate surface area is 59.5 Å². The van der Waals surface area contributed by atoms with E-state index in [-0.39, 0.29) is 0 Å². The number of hydrogen-bond acceptors (Lipinski definition) is 3. The topological polar surface area (TPSA) is 67.8 Å². The third-order valence-electron chi connectivity index (χ3n) is 1.98. The molecule has 1 N–H and O–H groups in total. The van der Waals surface area contributed by atoms with E-state index in [1.807, 2.05) is 6.07 Å². The Morgan fingerprint density at radius 1 is 1.50 bits per heavy atom. The van der Waals surface area contributed by atoms with E-state index in [0.717, 1.165) is 6.42 Å². The zero-order valence-corrected chi connectivity index (χ0v) is 5.54. The minimum atomic E-state index is -1.35. The Morgan fingerprint density at radius 2 is 2.20 bits per heavy atom. The second-order valence-corrected chi connectivity index (χ2v) is 2.61. The molecule has 2 unspecified atom stereocenters. The zero-order valence-electron chi connectivity index (χ0n) is 5.54. The lowest BCUT2D eigenvalue weighted by Crippen LogP contribution is -2.29. The highest BCUT2D eigenvalue weighted by molar-refractivity contribution is 5.14. The molecule has 0 aromatic carbocycles. The van der Waals surface area contributed by atoms with E-state index in [0.29, 0.717) is 12.8 Å². The predicted octanol–water partition coefficient (Wildman–Crippen LogP) is 0.565. The van der Waals surface area contributed by atoms with Crippen molar-refractivity contribution < 1.29 is 5.11 Å². The van der Waals surface area contributed by atoms with E-state index in [1.165, 1.54) is 0 Å². The van der Waals surface area contributed by atoms with Gasteiger partial charge >= 0.3 is 0 Å². The molecule has 1 aliphatic carbocycles. The van der Waals surface area contributed by atoms with Crippen molar-refractivity contribution in [3.63, 3.8) is 0 Å². The van der Waals surface area contributed by atoms with Crippen molar-refractivity contribution in [1.82, 2.24) is 0 Å². The summed E-state index contributed by atoms with van der Waals surface area (Å²) >= 11 is 0. The van der Waals surface area contributed by atoms with Crippen molar-refractivity contribution in [2.45, 2.75) is 24.9 Å². The van der Waals surface area contributed by atoms with E-state index < -0.39 is 11.5 Å². The van der Waals surface area contributed by atoms with Gasteiger partial charge in [0.05, 0.1) is 18.1 Å². The number of nitriles is 2. The Bertz CT molecular complexity index is 213. The summed E-state index contributed by atoms with van der Waals surface area (Å²) < 4.78 is 0.